The number of hydrogen-bond donors (Lipinski definition) is 1. The van der Waals surface area contributed by atoms with Gasteiger partial charge in [-0.1, -0.05) is 6.42 Å². The van der Waals surface area contributed by atoms with Crippen LogP contribution in [0.4, 0.5) is 0 Å². The van der Waals surface area contributed by atoms with Crippen molar-refractivity contribution in [1.82, 2.24) is 9.55 Å². The van der Waals surface area contributed by atoms with Gasteiger partial charge in [0, 0.05) is 18.0 Å². The van der Waals surface area contributed by atoms with E-state index in [0.717, 1.165) is 11.0 Å². The number of rotatable bonds is 2. The maximum absolute atomic E-state index is 9.53. The summed E-state index contributed by atoms with van der Waals surface area (Å²) in [6.07, 6.45) is 3.82. The zero-order valence-electron chi connectivity index (χ0n) is 10.3. The summed E-state index contributed by atoms with van der Waals surface area (Å²) in [5, 5.41) is 9.53. The molecule has 0 bridgehead atoms. The highest BCUT2D eigenvalue weighted by molar-refractivity contribution is 5.78. The van der Waals surface area contributed by atoms with Crippen LogP contribution in [-0.2, 0) is 0 Å². The number of nitrogens with zero attached hydrogens (tertiary/aromatic N) is 2. The average molecular weight is 230 g/mol. The third-order valence-electron chi connectivity index (χ3n) is 3.69. The maximum Gasteiger partial charge on any atom is 0.117 e. The number of benzene rings is 1. The molecule has 1 aromatic carbocycles. The molecule has 1 aliphatic rings. The monoisotopic (exact) mass is 230 g/mol. The van der Waals surface area contributed by atoms with Gasteiger partial charge >= 0.3 is 0 Å². The molecule has 0 amide bonds. The van der Waals surface area contributed by atoms with Crippen LogP contribution in [0.25, 0.3) is 11.0 Å². The summed E-state index contributed by atoms with van der Waals surface area (Å²) >= 11 is 0. The van der Waals surface area contributed by atoms with Crippen LogP contribution in [0.1, 0.15) is 50.9 Å². The van der Waals surface area contributed by atoms with Crippen molar-refractivity contribution in [3.8, 4) is 5.75 Å². The Hall–Kier alpha value is -1.51. The van der Waals surface area contributed by atoms with Gasteiger partial charge in [0.1, 0.15) is 11.6 Å². The smallest absolute Gasteiger partial charge is 0.117 e. The molecule has 3 rings (SSSR count). The number of phenolic OH excluding ortho intramolecular Hbond substituents is 1. The lowest BCUT2D eigenvalue weighted by Gasteiger charge is -2.27. The molecule has 0 atom stereocenters. The van der Waals surface area contributed by atoms with Crippen LogP contribution in [0.3, 0.4) is 0 Å². The minimum Gasteiger partial charge on any atom is -0.508 e. The first-order valence-corrected chi connectivity index (χ1v) is 6.37. The Balaban J connectivity index is 2.22. The van der Waals surface area contributed by atoms with Crippen molar-refractivity contribution >= 4 is 11.0 Å². The highest BCUT2D eigenvalue weighted by Crippen LogP contribution is 2.38. The molecule has 1 aromatic heterocycles. The summed E-state index contributed by atoms with van der Waals surface area (Å²) < 4.78 is 2.32. The Morgan fingerprint density at radius 3 is 2.71 bits per heavy atom. The van der Waals surface area contributed by atoms with Gasteiger partial charge in [-0.2, -0.15) is 0 Å². The van der Waals surface area contributed by atoms with E-state index >= 15 is 0 Å². The van der Waals surface area contributed by atoms with Crippen LogP contribution in [0.5, 0.6) is 5.75 Å². The first-order valence-electron chi connectivity index (χ1n) is 6.37. The van der Waals surface area contributed by atoms with Crippen LogP contribution in [0.15, 0.2) is 18.2 Å². The Kier molecular flexibility index (Phi) is 2.35. The lowest BCUT2D eigenvalue weighted by atomic mass is 9.84. The number of imidazole rings is 1. The van der Waals surface area contributed by atoms with Crippen molar-refractivity contribution in [1.29, 1.82) is 0 Å². The number of aromatic hydroxyl groups is 1. The highest BCUT2D eigenvalue weighted by Gasteiger charge is 2.26. The Bertz CT molecular complexity index is 553. The molecule has 1 N–H and O–H groups in total. The van der Waals surface area contributed by atoms with E-state index in [2.05, 4.69) is 18.4 Å². The molecule has 1 saturated carbocycles. The summed E-state index contributed by atoms with van der Waals surface area (Å²) in [7, 11) is 0. The molecule has 0 saturated heterocycles. The van der Waals surface area contributed by atoms with Crippen LogP contribution < -0.4 is 0 Å². The van der Waals surface area contributed by atoms with E-state index in [4.69, 9.17) is 4.98 Å². The predicted octanol–water partition coefficient (Wildman–Crippen LogP) is 3.59. The molecular weight excluding hydrogens is 212 g/mol. The first-order chi connectivity index (χ1) is 8.16. The molecule has 3 heteroatoms. The van der Waals surface area contributed by atoms with Crippen molar-refractivity contribution in [2.75, 3.05) is 0 Å². The van der Waals surface area contributed by atoms with E-state index in [-0.39, 0.29) is 0 Å². The zero-order valence-corrected chi connectivity index (χ0v) is 10.3. The largest absolute Gasteiger partial charge is 0.508 e. The molecule has 1 fully saturated rings. The quantitative estimate of drug-likeness (QED) is 0.856. The van der Waals surface area contributed by atoms with E-state index in [0.29, 0.717) is 17.7 Å². The minimum absolute atomic E-state index is 0.297. The fourth-order valence-electron chi connectivity index (χ4n) is 2.60. The lowest BCUT2D eigenvalue weighted by molar-refractivity contribution is 0.381. The second-order valence-corrected chi connectivity index (χ2v) is 5.23. The number of phenols is 1. The SMILES string of the molecule is CC(C)n1c(C2CCC2)nc2cc(O)ccc21. The fourth-order valence-corrected chi connectivity index (χ4v) is 2.60. The molecule has 2 aromatic rings. The summed E-state index contributed by atoms with van der Waals surface area (Å²) in [5.74, 6) is 2.12. The molecule has 90 valence electrons. The van der Waals surface area contributed by atoms with Gasteiger partial charge < -0.3 is 9.67 Å². The zero-order chi connectivity index (χ0) is 12.0. The Morgan fingerprint density at radius 1 is 1.35 bits per heavy atom. The van der Waals surface area contributed by atoms with Gasteiger partial charge in [-0.05, 0) is 38.8 Å². The van der Waals surface area contributed by atoms with E-state index in [9.17, 15) is 5.11 Å². The first kappa shape index (κ1) is 10.6. The molecule has 3 nitrogen and oxygen atoms in total. The van der Waals surface area contributed by atoms with Gasteiger partial charge in [0.05, 0.1) is 11.0 Å². The second-order valence-electron chi connectivity index (χ2n) is 5.23. The molecule has 0 radical (unpaired) electrons. The fraction of sp³-hybridized carbons (Fsp3) is 0.500. The van der Waals surface area contributed by atoms with Crippen LogP contribution in [0, 0.1) is 0 Å². The topological polar surface area (TPSA) is 38.0 Å². The molecule has 1 heterocycles. The van der Waals surface area contributed by atoms with E-state index in [1.165, 1.54) is 25.1 Å². The third kappa shape index (κ3) is 1.61. The van der Waals surface area contributed by atoms with Crippen molar-refractivity contribution in [3.63, 3.8) is 0 Å². The standard InChI is InChI=1S/C14H18N2O/c1-9(2)16-13-7-6-11(17)8-12(13)15-14(16)10-4-3-5-10/h6-10,17H,3-5H2,1-2H3. The minimum atomic E-state index is 0.297. The predicted molar refractivity (Wildman–Crippen MR) is 68.4 cm³/mol. The van der Waals surface area contributed by atoms with Crippen LogP contribution >= 0.6 is 0 Å². The Morgan fingerprint density at radius 2 is 2.12 bits per heavy atom. The molecule has 1 aliphatic carbocycles. The van der Waals surface area contributed by atoms with Crippen molar-refractivity contribution < 1.29 is 5.11 Å². The Labute approximate surface area is 101 Å². The summed E-state index contributed by atoms with van der Waals surface area (Å²) in [6.45, 7) is 4.38. The van der Waals surface area contributed by atoms with E-state index < -0.39 is 0 Å². The average Bonchev–Trinajstić information content (AvgIpc) is 2.52. The number of fused-ring (bicyclic) bond motifs is 1. The molecule has 17 heavy (non-hydrogen) atoms. The summed E-state index contributed by atoms with van der Waals surface area (Å²) in [5.41, 5.74) is 2.06. The normalized spacial score (nSPS) is 16.6. The van der Waals surface area contributed by atoms with Gasteiger partial charge in [0.15, 0.2) is 0 Å². The molecule has 0 spiro atoms. The van der Waals surface area contributed by atoms with Crippen LogP contribution in [-0.4, -0.2) is 14.7 Å². The van der Waals surface area contributed by atoms with Crippen LogP contribution in [0.2, 0.25) is 0 Å². The van der Waals surface area contributed by atoms with Gasteiger partial charge in [0.2, 0.25) is 0 Å². The molecular formula is C14H18N2O. The molecule has 0 unspecified atom stereocenters. The lowest BCUT2D eigenvalue weighted by Crippen LogP contribution is -2.16. The van der Waals surface area contributed by atoms with Gasteiger partial charge in [-0.15, -0.1) is 0 Å². The van der Waals surface area contributed by atoms with Crippen molar-refractivity contribution in [2.24, 2.45) is 0 Å². The maximum atomic E-state index is 9.53. The molecule has 0 aliphatic heterocycles. The third-order valence-corrected chi connectivity index (χ3v) is 3.69. The van der Waals surface area contributed by atoms with E-state index in [1.807, 2.05) is 6.07 Å². The van der Waals surface area contributed by atoms with Crippen molar-refractivity contribution in [3.05, 3.63) is 24.0 Å². The van der Waals surface area contributed by atoms with Gasteiger partial charge in [-0.25, -0.2) is 4.98 Å². The van der Waals surface area contributed by atoms with Gasteiger partial charge in [-0.3, -0.25) is 0 Å². The number of hydrogen-bond acceptors (Lipinski definition) is 2. The van der Waals surface area contributed by atoms with Gasteiger partial charge in [0.25, 0.3) is 0 Å². The highest BCUT2D eigenvalue weighted by atomic mass is 16.3. The summed E-state index contributed by atoms with van der Waals surface area (Å²) in [6, 6.07) is 5.89. The summed E-state index contributed by atoms with van der Waals surface area (Å²) in [4.78, 5) is 4.72. The van der Waals surface area contributed by atoms with E-state index in [1.54, 1.807) is 12.1 Å². The number of aromatic nitrogens is 2. The van der Waals surface area contributed by atoms with Crippen molar-refractivity contribution in [2.45, 2.75) is 45.1 Å². The second kappa shape index (κ2) is 3.76.